The van der Waals surface area contributed by atoms with Gasteiger partial charge in [-0.25, -0.2) is 0 Å². The first-order valence-electron chi connectivity index (χ1n) is 8.47. The molecular formula is C16H30N2O3. The molecular weight excluding hydrogens is 268 g/mol. The molecule has 0 bridgehead atoms. The first-order valence-corrected chi connectivity index (χ1v) is 8.47. The minimum Gasteiger partial charge on any atom is -0.396 e. The molecule has 1 amide bonds. The second-order valence-electron chi connectivity index (χ2n) is 6.35. The summed E-state index contributed by atoms with van der Waals surface area (Å²) in [6.07, 6.45) is 7.72. The topological polar surface area (TPSA) is 61.8 Å². The maximum Gasteiger partial charge on any atom is 0.237 e. The fourth-order valence-electron chi connectivity index (χ4n) is 3.30. The van der Waals surface area contributed by atoms with Crippen LogP contribution < -0.4 is 5.32 Å². The van der Waals surface area contributed by atoms with Crippen molar-refractivity contribution < 1.29 is 14.6 Å². The maximum atomic E-state index is 12.3. The van der Waals surface area contributed by atoms with E-state index in [1.165, 1.54) is 12.8 Å². The fraction of sp³-hybridized carbons (Fsp3) is 0.938. The number of ether oxygens (including phenoxy) is 1. The molecule has 2 fully saturated rings. The van der Waals surface area contributed by atoms with Crippen LogP contribution in [0.15, 0.2) is 0 Å². The lowest BCUT2D eigenvalue weighted by Crippen LogP contribution is -2.51. The lowest BCUT2D eigenvalue weighted by atomic mass is 10.1. The molecule has 1 aliphatic heterocycles. The fourth-order valence-corrected chi connectivity index (χ4v) is 3.30. The van der Waals surface area contributed by atoms with Gasteiger partial charge in [0, 0.05) is 32.3 Å². The highest BCUT2D eigenvalue weighted by molar-refractivity contribution is 5.81. The summed E-state index contributed by atoms with van der Waals surface area (Å²) in [6, 6.07) is 0.364. The lowest BCUT2D eigenvalue weighted by molar-refractivity contribution is -0.127. The second kappa shape index (κ2) is 8.71. The molecule has 0 aromatic heterocycles. The molecule has 2 N–H and O–H groups in total. The number of hydrogen-bond acceptors (Lipinski definition) is 4. The van der Waals surface area contributed by atoms with Crippen LogP contribution in [0, 0.1) is 0 Å². The van der Waals surface area contributed by atoms with E-state index in [0.29, 0.717) is 19.1 Å². The van der Waals surface area contributed by atoms with E-state index in [0.717, 1.165) is 38.8 Å². The van der Waals surface area contributed by atoms with Gasteiger partial charge in [0.2, 0.25) is 5.91 Å². The van der Waals surface area contributed by atoms with Crippen molar-refractivity contribution in [1.82, 2.24) is 10.2 Å². The largest absolute Gasteiger partial charge is 0.396 e. The number of hydrogen-bond donors (Lipinski definition) is 2. The van der Waals surface area contributed by atoms with Gasteiger partial charge >= 0.3 is 0 Å². The van der Waals surface area contributed by atoms with Gasteiger partial charge in [-0.15, -0.1) is 0 Å². The first-order chi connectivity index (χ1) is 10.2. The molecule has 0 aromatic carbocycles. The zero-order valence-corrected chi connectivity index (χ0v) is 13.2. The van der Waals surface area contributed by atoms with E-state index in [1.54, 1.807) is 0 Å². The van der Waals surface area contributed by atoms with Crippen molar-refractivity contribution in [3.8, 4) is 0 Å². The summed E-state index contributed by atoms with van der Waals surface area (Å²) in [5.74, 6) is 0.182. The highest BCUT2D eigenvalue weighted by Crippen LogP contribution is 2.19. The van der Waals surface area contributed by atoms with Crippen LogP contribution in [0.4, 0.5) is 0 Å². The second-order valence-corrected chi connectivity index (χ2v) is 6.35. The predicted octanol–water partition coefficient (Wildman–Crippen LogP) is 1.30. The summed E-state index contributed by atoms with van der Waals surface area (Å²) in [5.41, 5.74) is 0. The standard InChI is InChI=1S/C16H30N2O3/c1-13(16(20)17-14-5-2-3-6-14)18-9-7-15(8-10-18)21-12-4-11-19/h13-15,19H,2-12H2,1H3,(H,17,20). The van der Waals surface area contributed by atoms with Gasteiger partial charge in [-0.3, -0.25) is 9.69 Å². The van der Waals surface area contributed by atoms with E-state index in [-0.39, 0.29) is 24.7 Å². The van der Waals surface area contributed by atoms with E-state index in [1.807, 2.05) is 6.92 Å². The van der Waals surface area contributed by atoms with E-state index < -0.39 is 0 Å². The Kier molecular flexibility index (Phi) is 6.93. The molecule has 122 valence electrons. The number of carbonyl (C=O) groups excluding carboxylic acids is 1. The molecule has 5 nitrogen and oxygen atoms in total. The average molecular weight is 298 g/mol. The molecule has 1 atom stereocenters. The number of carbonyl (C=O) groups is 1. The van der Waals surface area contributed by atoms with Gasteiger partial charge in [-0.05, 0) is 39.0 Å². The minimum absolute atomic E-state index is 0.0380. The number of piperidine rings is 1. The Bertz CT molecular complexity index is 311. The highest BCUT2D eigenvalue weighted by Gasteiger charge is 2.28. The summed E-state index contributed by atoms with van der Waals surface area (Å²) in [5, 5.41) is 11.9. The Morgan fingerprint density at radius 2 is 1.95 bits per heavy atom. The number of aliphatic hydroxyl groups is 1. The van der Waals surface area contributed by atoms with Crippen LogP contribution in [0.5, 0.6) is 0 Å². The molecule has 5 heteroatoms. The third kappa shape index (κ3) is 5.24. The molecule has 1 saturated carbocycles. The average Bonchev–Trinajstić information content (AvgIpc) is 3.00. The van der Waals surface area contributed by atoms with Crippen LogP contribution in [-0.2, 0) is 9.53 Å². The van der Waals surface area contributed by atoms with Crippen molar-refractivity contribution >= 4 is 5.91 Å². The van der Waals surface area contributed by atoms with Crippen LogP contribution >= 0.6 is 0 Å². The Morgan fingerprint density at radius 3 is 2.57 bits per heavy atom. The molecule has 0 radical (unpaired) electrons. The van der Waals surface area contributed by atoms with E-state index in [2.05, 4.69) is 10.2 Å². The molecule has 1 aliphatic carbocycles. The molecule has 2 aliphatic rings. The Labute approximate surface area is 128 Å². The molecule has 21 heavy (non-hydrogen) atoms. The van der Waals surface area contributed by atoms with E-state index in [9.17, 15) is 4.79 Å². The Hall–Kier alpha value is -0.650. The van der Waals surface area contributed by atoms with Gasteiger partial charge in [0.1, 0.15) is 0 Å². The van der Waals surface area contributed by atoms with Crippen molar-refractivity contribution in [2.75, 3.05) is 26.3 Å². The van der Waals surface area contributed by atoms with E-state index >= 15 is 0 Å². The SMILES string of the molecule is CC(C(=O)NC1CCCC1)N1CCC(OCCCO)CC1. The monoisotopic (exact) mass is 298 g/mol. The lowest BCUT2D eigenvalue weighted by Gasteiger charge is -2.35. The quantitative estimate of drug-likeness (QED) is 0.696. The number of nitrogens with one attached hydrogen (secondary N) is 1. The molecule has 1 unspecified atom stereocenters. The summed E-state index contributed by atoms with van der Waals surface area (Å²) in [4.78, 5) is 14.5. The zero-order chi connectivity index (χ0) is 15.1. The minimum atomic E-state index is -0.0380. The summed E-state index contributed by atoms with van der Waals surface area (Å²) >= 11 is 0. The van der Waals surface area contributed by atoms with Gasteiger partial charge in [0.25, 0.3) is 0 Å². The number of nitrogens with zero attached hydrogens (tertiary/aromatic N) is 1. The first kappa shape index (κ1) is 16.7. The summed E-state index contributed by atoms with van der Waals surface area (Å²) in [7, 11) is 0. The van der Waals surface area contributed by atoms with E-state index in [4.69, 9.17) is 9.84 Å². The van der Waals surface area contributed by atoms with Crippen molar-refractivity contribution in [2.24, 2.45) is 0 Å². The van der Waals surface area contributed by atoms with Crippen LogP contribution in [0.2, 0.25) is 0 Å². The zero-order valence-electron chi connectivity index (χ0n) is 13.2. The van der Waals surface area contributed by atoms with Crippen molar-refractivity contribution in [2.45, 2.75) is 70.1 Å². The van der Waals surface area contributed by atoms with Crippen LogP contribution in [0.3, 0.4) is 0 Å². The number of likely N-dealkylation sites (tertiary alicyclic amines) is 1. The summed E-state index contributed by atoms with van der Waals surface area (Å²) in [6.45, 7) is 4.68. The molecule has 1 saturated heterocycles. The number of amides is 1. The summed E-state index contributed by atoms with van der Waals surface area (Å²) < 4.78 is 5.73. The van der Waals surface area contributed by atoms with Crippen molar-refractivity contribution in [3.63, 3.8) is 0 Å². The van der Waals surface area contributed by atoms with Crippen LogP contribution in [-0.4, -0.2) is 60.4 Å². The smallest absolute Gasteiger partial charge is 0.237 e. The number of aliphatic hydroxyl groups excluding tert-OH is 1. The maximum absolute atomic E-state index is 12.3. The molecule has 2 rings (SSSR count). The van der Waals surface area contributed by atoms with Crippen molar-refractivity contribution in [3.05, 3.63) is 0 Å². The Morgan fingerprint density at radius 1 is 1.29 bits per heavy atom. The van der Waals surface area contributed by atoms with Crippen LogP contribution in [0.1, 0.15) is 51.9 Å². The van der Waals surface area contributed by atoms with Crippen molar-refractivity contribution in [1.29, 1.82) is 0 Å². The van der Waals surface area contributed by atoms with Crippen LogP contribution in [0.25, 0.3) is 0 Å². The third-order valence-electron chi connectivity index (χ3n) is 4.76. The predicted molar refractivity (Wildman–Crippen MR) is 82.1 cm³/mol. The Balaban J connectivity index is 1.67. The highest BCUT2D eigenvalue weighted by atomic mass is 16.5. The molecule has 1 heterocycles. The molecule has 0 aromatic rings. The molecule has 0 spiro atoms. The van der Waals surface area contributed by atoms with Gasteiger partial charge in [0.05, 0.1) is 12.1 Å². The van der Waals surface area contributed by atoms with Gasteiger partial charge in [-0.2, -0.15) is 0 Å². The normalized spacial score (nSPS) is 23.3. The van der Waals surface area contributed by atoms with Gasteiger partial charge in [0.15, 0.2) is 0 Å². The third-order valence-corrected chi connectivity index (χ3v) is 4.76. The van der Waals surface area contributed by atoms with Gasteiger partial charge in [-0.1, -0.05) is 12.8 Å². The number of rotatable bonds is 7. The van der Waals surface area contributed by atoms with Gasteiger partial charge < -0.3 is 15.2 Å².